The lowest BCUT2D eigenvalue weighted by Gasteiger charge is -2.21. The Morgan fingerprint density at radius 3 is 2.62 bits per heavy atom. The number of ether oxygens (including phenoxy) is 2. The van der Waals surface area contributed by atoms with Crippen LogP contribution in [-0.4, -0.2) is 55.7 Å². The predicted octanol–water partition coefficient (Wildman–Crippen LogP) is 3.42. The maximum atomic E-state index is 13.0. The third-order valence-corrected chi connectivity index (χ3v) is 5.27. The predicted molar refractivity (Wildman–Crippen MR) is 102 cm³/mol. The average Bonchev–Trinajstić information content (AvgIpc) is 3.02. The van der Waals surface area contributed by atoms with Crippen molar-refractivity contribution >= 4 is 34.8 Å². The van der Waals surface area contributed by atoms with Crippen molar-refractivity contribution in [3.63, 3.8) is 0 Å². The minimum absolute atomic E-state index is 0.126. The van der Waals surface area contributed by atoms with Gasteiger partial charge in [0.05, 0.1) is 30.9 Å². The Labute approximate surface area is 161 Å². The van der Waals surface area contributed by atoms with E-state index < -0.39 is 0 Å². The summed E-state index contributed by atoms with van der Waals surface area (Å²) in [5.74, 6) is -0.544. The molecule has 0 spiro atoms. The van der Waals surface area contributed by atoms with Crippen molar-refractivity contribution in [3.05, 3.63) is 39.9 Å². The van der Waals surface area contributed by atoms with Gasteiger partial charge in [-0.05, 0) is 13.0 Å². The summed E-state index contributed by atoms with van der Waals surface area (Å²) in [6, 6.07) is 7.38. The first-order valence-electron chi connectivity index (χ1n) is 8.05. The molecule has 0 radical (unpaired) electrons. The minimum atomic E-state index is -0.363. The molecule has 2 aromatic rings. The number of benzene rings is 1. The highest BCUT2D eigenvalue weighted by molar-refractivity contribution is 7.17. The van der Waals surface area contributed by atoms with Crippen LogP contribution >= 0.6 is 22.9 Å². The Hall–Kier alpha value is -1.96. The third kappa shape index (κ3) is 5.03. The van der Waals surface area contributed by atoms with E-state index in [9.17, 15) is 9.59 Å². The van der Waals surface area contributed by atoms with Crippen LogP contribution in [0.3, 0.4) is 0 Å². The maximum absolute atomic E-state index is 13.0. The van der Waals surface area contributed by atoms with Crippen LogP contribution in [0.1, 0.15) is 21.8 Å². The minimum Gasteiger partial charge on any atom is -0.469 e. The second kappa shape index (κ2) is 9.66. The van der Waals surface area contributed by atoms with E-state index in [1.165, 1.54) is 18.4 Å². The van der Waals surface area contributed by atoms with Gasteiger partial charge < -0.3 is 14.4 Å². The van der Waals surface area contributed by atoms with Crippen molar-refractivity contribution < 1.29 is 19.1 Å². The molecule has 1 aromatic carbocycles. The molecule has 0 aliphatic carbocycles. The molecule has 140 valence electrons. The van der Waals surface area contributed by atoms with E-state index in [0.717, 1.165) is 5.56 Å². The van der Waals surface area contributed by atoms with Gasteiger partial charge in [0.15, 0.2) is 0 Å². The Kier molecular flexibility index (Phi) is 7.56. The first-order chi connectivity index (χ1) is 12.5. The summed E-state index contributed by atoms with van der Waals surface area (Å²) in [4.78, 5) is 31.0. The molecule has 0 unspecified atom stereocenters. The van der Waals surface area contributed by atoms with Crippen molar-refractivity contribution in [2.24, 2.45) is 0 Å². The number of methoxy groups -OCH3 is 2. The molecular weight excluding hydrogens is 376 g/mol. The molecule has 0 bridgehead atoms. The van der Waals surface area contributed by atoms with E-state index in [1.54, 1.807) is 25.0 Å². The molecule has 1 heterocycles. The van der Waals surface area contributed by atoms with E-state index in [-0.39, 0.29) is 24.8 Å². The van der Waals surface area contributed by atoms with Crippen LogP contribution in [0, 0.1) is 6.92 Å². The van der Waals surface area contributed by atoms with E-state index in [0.29, 0.717) is 33.8 Å². The van der Waals surface area contributed by atoms with Crippen LogP contribution in [0.4, 0.5) is 0 Å². The van der Waals surface area contributed by atoms with Gasteiger partial charge in [0.1, 0.15) is 9.88 Å². The fourth-order valence-corrected chi connectivity index (χ4v) is 3.69. The van der Waals surface area contributed by atoms with E-state index in [4.69, 9.17) is 16.3 Å². The number of nitrogens with zero attached hydrogens (tertiary/aromatic N) is 2. The maximum Gasteiger partial charge on any atom is 0.307 e. The van der Waals surface area contributed by atoms with Crippen molar-refractivity contribution in [2.75, 3.05) is 33.9 Å². The molecule has 0 fully saturated rings. The van der Waals surface area contributed by atoms with Gasteiger partial charge in [-0.2, -0.15) is 0 Å². The largest absolute Gasteiger partial charge is 0.469 e. The Morgan fingerprint density at radius 2 is 1.96 bits per heavy atom. The number of hydrogen-bond acceptors (Lipinski definition) is 6. The fourth-order valence-electron chi connectivity index (χ4n) is 2.33. The third-order valence-electron chi connectivity index (χ3n) is 3.76. The zero-order chi connectivity index (χ0) is 19.1. The van der Waals surface area contributed by atoms with Crippen LogP contribution in [0.5, 0.6) is 0 Å². The average molecular weight is 397 g/mol. The smallest absolute Gasteiger partial charge is 0.307 e. The van der Waals surface area contributed by atoms with Crippen molar-refractivity contribution in [2.45, 2.75) is 13.3 Å². The Balaban J connectivity index is 2.24. The van der Waals surface area contributed by atoms with Crippen LogP contribution in [-0.2, 0) is 14.3 Å². The van der Waals surface area contributed by atoms with E-state index in [1.807, 2.05) is 18.2 Å². The summed E-state index contributed by atoms with van der Waals surface area (Å²) in [5.41, 5.74) is 1.43. The van der Waals surface area contributed by atoms with Crippen LogP contribution in [0.2, 0.25) is 5.02 Å². The zero-order valence-electron chi connectivity index (χ0n) is 15.0. The van der Waals surface area contributed by atoms with E-state index in [2.05, 4.69) is 9.72 Å². The van der Waals surface area contributed by atoms with Gasteiger partial charge in [-0.1, -0.05) is 29.8 Å². The molecule has 1 aromatic heterocycles. The summed E-state index contributed by atoms with van der Waals surface area (Å²) < 4.78 is 9.73. The number of aryl methyl sites for hydroxylation is 1. The van der Waals surface area contributed by atoms with Crippen molar-refractivity contribution in [3.8, 4) is 10.6 Å². The molecule has 1 amide bonds. The van der Waals surface area contributed by atoms with Gasteiger partial charge in [-0.15, -0.1) is 11.3 Å². The molecule has 0 saturated heterocycles. The normalized spacial score (nSPS) is 10.6. The van der Waals surface area contributed by atoms with E-state index >= 15 is 0 Å². The number of aromatic nitrogens is 1. The number of thiazole rings is 1. The summed E-state index contributed by atoms with van der Waals surface area (Å²) in [6.07, 6.45) is 0.126. The number of carbonyl (C=O) groups is 2. The lowest BCUT2D eigenvalue weighted by atomic mass is 10.2. The molecule has 2 rings (SSSR count). The number of hydrogen-bond donors (Lipinski definition) is 0. The number of amides is 1. The molecule has 0 atom stereocenters. The number of carbonyl (C=O) groups excluding carboxylic acids is 2. The molecule has 6 nitrogen and oxygen atoms in total. The van der Waals surface area contributed by atoms with Gasteiger partial charge in [-0.3, -0.25) is 9.59 Å². The quantitative estimate of drug-likeness (QED) is 0.639. The fraction of sp³-hybridized carbons (Fsp3) is 0.389. The molecular formula is C18H21ClN2O4S. The van der Waals surface area contributed by atoms with Crippen molar-refractivity contribution in [1.82, 2.24) is 9.88 Å². The molecule has 26 heavy (non-hydrogen) atoms. The summed E-state index contributed by atoms with van der Waals surface area (Å²) >= 11 is 7.53. The molecule has 0 aliphatic rings. The SMILES string of the molecule is COCCN(CCC(=O)OC)C(=O)c1sc(-c2ccccc2Cl)nc1C. The Morgan fingerprint density at radius 1 is 1.23 bits per heavy atom. The summed E-state index contributed by atoms with van der Waals surface area (Å²) in [6.45, 7) is 2.81. The highest BCUT2D eigenvalue weighted by atomic mass is 35.5. The van der Waals surface area contributed by atoms with Gasteiger partial charge >= 0.3 is 5.97 Å². The number of rotatable bonds is 8. The van der Waals surface area contributed by atoms with Gasteiger partial charge in [0.2, 0.25) is 0 Å². The Bertz CT molecular complexity index is 778. The molecule has 0 aliphatic heterocycles. The molecule has 0 N–H and O–H groups in total. The summed E-state index contributed by atoms with van der Waals surface area (Å²) in [5, 5.41) is 1.28. The van der Waals surface area contributed by atoms with Gasteiger partial charge in [-0.25, -0.2) is 4.98 Å². The van der Waals surface area contributed by atoms with Gasteiger partial charge in [0, 0.05) is 25.8 Å². The van der Waals surface area contributed by atoms with Crippen LogP contribution < -0.4 is 0 Å². The number of esters is 1. The second-order valence-corrected chi connectivity index (χ2v) is 6.93. The summed E-state index contributed by atoms with van der Waals surface area (Å²) in [7, 11) is 2.89. The lowest BCUT2D eigenvalue weighted by molar-refractivity contribution is -0.140. The lowest BCUT2D eigenvalue weighted by Crippen LogP contribution is -2.35. The monoisotopic (exact) mass is 396 g/mol. The zero-order valence-corrected chi connectivity index (χ0v) is 16.5. The number of halogens is 1. The molecule has 8 heteroatoms. The second-order valence-electron chi connectivity index (χ2n) is 5.52. The topological polar surface area (TPSA) is 68.7 Å². The first-order valence-corrected chi connectivity index (χ1v) is 9.24. The van der Waals surface area contributed by atoms with Crippen LogP contribution in [0.15, 0.2) is 24.3 Å². The van der Waals surface area contributed by atoms with Crippen LogP contribution in [0.25, 0.3) is 10.6 Å². The molecule has 0 saturated carbocycles. The van der Waals surface area contributed by atoms with Gasteiger partial charge in [0.25, 0.3) is 5.91 Å². The van der Waals surface area contributed by atoms with Crippen molar-refractivity contribution in [1.29, 1.82) is 0 Å². The highest BCUT2D eigenvalue weighted by Gasteiger charge is 2.23. The first kappa shape index (κ1) is 20.4. The highest BCUT2D eigenvalue weighted by Crippen LogP contribution is 2.33. The standard InChI is InChI=1S/C18H21ClN2O4S/c1-12-16(26-17(20-12)13-6-4-5-7-14(13)19)18(23)21(10-11-24-2)9-8-15(22)25-3/h4-7H,8-11H2,1-3H3.